The highest BCUT2D eigenvalue weighted by Crippen LogP contribution is 2.41. The molecule has 5 nitrogen and oxygen atoms in total. The van der Waals surface area contributed by atoms with E-state index in [0.29, 0.717) is 13.2 Å². The van der Waals surface area contributed by atoms with Crippen LogP contribution in [0.5, 0.6) is 0 Å². The first-order valence-electron chi connectivity index (χ1n) is 12.9. The molecule has 0 bridgehead atoms. The summed E-state index contributed by atoms with van der Waals surface area (Å²) in [4.78, 5) is 23.6. The summed E-state index contributed by atoms with van der Waals surface area (Å²) in [5.41, 5.74) is 3.62. The third-order valence-electron chi connectivity index (χ3n) is 7.18. The van der Waals surface area contributed by atoms with E-state index in [2.05, 4.69) is 78.2 Å². The Morgan fingerprint density at radius 2 is 1.64 bits per heavy atom. The Balaban J connectivity index is 1.52. The van der Waals surface area contributed by atoms with E-state index in [0.717, 1.165) is 55.2 Å². The van der Waals surface area contributed by atoms with Crippen LogP contribution in [-0.2, 0) is 16.0 Å². The van der Waals surface area contributed by atoms with Crippen molar-refractivity contribution in [2.24, 2.45) is 5.41 Å². The summed E-state index contributed by atoms with van der Waals surface area (Å²) in [6.45, 7) is 8.82. The number of carbonyl (C=O) groups excluding carboxylic acids is 1. The third kappa shape index (κ3) is 5.43. The van der Waals surface area contributed by atoms with Crippen LogP contribution in [0.25, 0.3) is 6.08 Å². The number of ether oxygens (including phenoxy) is 1. The molecule has 1 atom stereocenters. The number of hydrogen-bond acceptors (Lipinski definition) is 5. The van der Waals surface area contributed by atoms with Gasteiger partial charge in [-0.05, 0) is 35.8 Å². The molecule has 2 aromatic carbocycles. The molecule has 0 saturated carbocycles. The fourth-order valence-corrected chi connectivity index (χ4v) is 5.33. The molecule has 0 amide bonds. The zero-order valence-corrected chi connectivity index (χ0v) is 21.3. The lowest BCUT2D eigenvalue weighted by Gasteiger charge is -2.44. The SMILES string of the molecule is CC1(C)CN(CCc2ccccc2)C(c2ccccc2)/C(=C/c2cccc(N3CCOCC3)n2)C1=O. The number of rotatable bonds is 6. The molecule has 3 aromatic rings. The maximum Gasteiger partial charge on any atom is 0.167 e. The molecule has 0 N–H and O–H groups in total. The third-order valence-corrected chi connectivity index (χ3v) is 7.18. The lowest BCUT2D eigenvalue weighted by Crippen LogP contribution is -2.49. The highest BCUT2D eigenvalue weighted by Gasteiger charge is 2.43. The number of benzene rings is 2. The normalized spacial score (nSPS) is 21.6. The van der Waals surface area contributed by atoms with Gasteiger partial charge in [-0.3, -0.25) is 9.69 Å². The van der Waals surface area contributed by atoms with E-state index in [9.17, 15) is 4.79 Å². The van der Waals surface area contributed by atoms with Gasteiger partial charge >= 0.3 is 0 Å². The van der Waals surface area contributed by atoms with E-state index in [4.69, 9.17) is 9.72 Å². The maximum absolute atomic E-state index is 13.9. The van der Waals surface area contributed by atoms with Gasteiger partial charge in [-0.1, -0.05) is 80.6 Å². The molecule has 3 heterocycles. The Morgan fingerprint density at radius 1 is 0.944 bits per heavy atom. The van der Waals surface area contributed by atoms with E-state index >= 15 is 0 Å². The van der Waals surface area contributed by atoms with Crippen molar-refractivity contribution >= 4 is 17.7 Å². The lowest BCUT2D eigenvalue weighted by atomic mass is 9.74. The number of morpholine rings is 1. The standard InChI is InChI=1S/C31H35N3O2/c1-31(2)23-34(17-16-24-10-5-3-6-11-24)29(25-12-7-4-8-13-25)27(30(31)35)22-26-14-9-15-28(32-26)33-18-20-36-21-19-33/h3-15,22,29H,16-21,23H2,1-2H3/b27-22-. The molecule has 2 aliphatic rings. The van der Waals surface area contributed by atoms with Crippen molar-refractivity contribution < 1.29 is 9.53 Å². The Morgan fingerprint density at radius 3 is 2.36 bits per heavy atom. The number of carbonyl (C=O) groups is 1. The monoisotopic (exact) mass is 481 g/mol. The minimum Gasteiger partial charge on any atom is -0.378 e. The van der Waals surface area contributed by atoms with E-state index < -0.39 is 5.41 Å². The maximum atomic E-state index is 13.9. The van der Waals surface area contributed by atoms with Gasteiger partial charge in [0.1, 0.15) is 5.82 Å². The molecule has 5 heteroatoms. The number of nitrogens with zero attached hydrogens (tertiary/aromatic N) is 3. The molecule has 2 fully saturated rings. The topological polar surface area (TPSA) is 45.7 Å². The first-order chi connectivity index (χ1) is 17.5. The molecule has 2 saturated heterocycles. The highest BCUT2D eigenvalue weighted by molar-refractivity contribution is 6.05. The summed E-state index contributed by atoms with van der Waals surface area (Å²) < 4.78 is 5.51. The van der Waals surface area contributed by atoms with Crippen molar-refractivity contribution in [1.29, 1.82) is 0 Å². The summed E-state index contributed by atoms with van der Waals surface area (Å²) in [6, 6.07) is 27.0. The van der Waals surface area contributed by atoms with Crippen LogP contribution >= 0.6 is 0 Å². The first kappa shape index (κ1) is 24.4. The number of hydrogen-bond donors (Lipinski definition) is 0. The number of ketones is 1. The molecular formula is C31H35N3O2. The molecule has 5 rings (SSSR count). The zero-order chi connectivity index (χ0) is 25.0. The van der Waals surface area contributed by atoms with Gasteiger partial charge in [-0.25, -0.2) is 4.98 Å². The van der Waals surface area contributed by atoms with E-state index in [-0.39, 0.29) is 11.8 Å². The summed E-state index contributed by atoms with van der Waals surface area (Å²) >= 11 is 0. The summed E-state index contributed by atoms with van der Waals surface area (Å²) in [7, 11) is 0. The first-order valence-corrected chi connectivity index (χ1v) is 12.9. The molecular weight excluding hydrogens is 446 g/mol. The van der Waals surface area contributed by atoms with Crippen LogP contribution in [0.1, 0.15) is 36.7 Å². The number of piperidine rings is 1. The van der Waals surface area contributed by atoms with Crippen molar-refractivity contribution in [3.8, 4) is 0 Å². The van der Waals surface area contributed by atoms with Gasteiger partial charge in [0.25, 0.3) is 0 Å². The largest absolute Gasteiger partial charge is 0.378 e. The smallest absolute Gasteiger partial charge is 0.167 e. The summed E-state index contributed by atoms with van der Waals surface area (Å²) in [6.07, 6.45) is 2.97. The van der Waals surface area contributed by atoms with Gasteiger partial charge in [0.15, 0.2) is 5.78 Å². The van der Waals surface area contributed by atoms with Crippen LogP contribution in [0, 0.1) is 5.41 Å². The summed E-state index contributed by atoms with van der Waals surface area (Å²) in [5.74, 6) is 1.14. The lowest BCUT2D eigenvalue weighted by molar-refractivity contribution is -0.128. The molecule has 36 heavy (non-hydrogen) atoms. The molecule has 0 radical (unpaired) electrons. The second kappa shape index (κ2) is 10.8. The summed E-state index contributed by atoms with van der Waals surface area (Å²) in [5, 5.41) is 0. The predicted molar refractivity (Wildman–Crippen MR) is 145 cm³/mol. The van der Waals surface area contributed by atoms with Crippen molar-refractivity contribution in [1.82, 2.24) is 9.88 Å². The fraction of sp³-hybridized carbons (Fsp3) is 0.355. The Kier molecular flexibility index (Phi) is 7.30. The molecule has 186 valence electrons. The Labute approximate surface area is 214 Å². The van der Waals surface area contributed by atoms with Crippen LogP contribution in [-0.4, -0.2) is 55.1 Å². The van der Waals surface area contributed by atoms with E-state index in [1.165, 1.54) is 5.56 Å². The molecule has 0 spiro atoms. The van der Waals surface area contributed by atoms with Gasteiger partial charge in [0, 0.05) is 37.2 Å². The van der Waals surface area contributed by atoms with Crippen LogP contribution < -0.4 is 4.90 Å². The average molecular weight is 482 g/mol. The number of anilines is 1. The predicted octanol–water partition coefficient (Wildman–Crippen LogP) is 5.20. The number of pyridine rings is 1. The van der Waals surface area contributed by atoms with Crippen molar-refractivity contribution in [3.05, 3.63) is 101 Å². The zero-order valence-electron chi connectivity index (χ0n) is 21.3. The van der Waals surface area contributed by atoms with Crippen LogP contribution in [0.3, 0.4) is 0 Å². The van der Waals surface area contributed by atoms with Crippen molar-refractivity contribution in [3.63, 3.8) is 0 Å². The van der Waals surface area contributed by atoms with Gasteiger partial charge in [-0.2, -0.15) is 0 Å². The van der Waals surface area contributed by atoms with Crippen LogP contribution in [0.15, 0.2) is 84.4 Å². The molecule has 1 unspecified atom stereocenters. The second-order valence-corrected chi connectivity index (χ2v) is 10.4. The number of aromatic nitrogens is 1. The fourth-order valence-electron chi connectivity index (χ4n) is 5.33. The molecule has 2 aliphatic heterocycles. The quantitative estimate of drug-likeness (QED) is 0.453. The minimum atomic E-state index is -0.477. The van der Waals surface area contributed by atoms with E-state index in [1.807, 2.05) is 30.3 Å². The number of likely N-dealkylation sites (tertiary alicyclic amines) is 1. The Bertz CT molecular complexity index is 1200. The Hall–Kier alpha value is -3.28. The van der Waals surface area contributed by atoms with Crippen molar-refractivity contribution in [2.45, 2.75) is 26.3 Å². The minimum absolute atomic E-state index is 0.107. The molecule has 1 aromatic heterocycles. The highest BCUT2D eigenvalue weighted by atomic mass is 16.5. The van der Waals surface area contributed by atoms with E-state index in [1.54, 1.807) is 0 Å². The average Bonchev–Trinajstić information content (AvgIpc) is 2.92. The molecule has 0 aliphatic carbocycles. The van der Waals surface area contributed by atoms with Gasteiger partial charge in [0.05, 0.1) is 24.9 Å². The van der Waals surface area contributed by atoms with Gasteiger partial charge in [0.2, 0.25) is 0 Å². The van der Waals surface area contributed by atoms with Crippen LogP contribution in [0.4, 0.5) is 5.82 Å². The van der Waals surface area contributed by atoms with Gasteiger partial charge < -0.3 is 9.64 Å². The van der Waals surface area contributed by atoms with Gasteiger partial charge in [-0.15, -0.1) is 0 Å². The van der Waals surface area contributed by atoms with Crippen molar-refractivity contribution in [2.75, 3.05) is 44.3 Å². The number of Topliss-reactive ketones (excluding diaryl/α,β-unsaturated/α-hetero) is 1. The van der Waals surface area contributed by atoms with Crippen LogP contribution in [0.2, 0.25) is 0 Å². The second-order valence-electron chi connectivity index (χ2n) is 10.4.